The predicted molar refractivity (Wildman–Crippen MR) is 116 cm³/mol. The van der Waals surface area contributed by atoms with Crippen molar-refractivity contribution in [2.24, 2.45) is 28.7 Å². The van der Waals surface area contributed by atoms with Gasteiger partial charge in [0.05, 0.1) is 18.4 Å². The average molecular weight is 511 g/mol. The van der Waals surface area contributed by atoms with Crippen LogP contribution in [0.15, 0.2) is 17.1 Å². The number of fused-ring (bicyclic) bond motifs is 6. The molecule has 1 aromatic heterocycles. The zero-order chi connectivity index (χ0) is 19.3. The van der Waals surface area contributed by atoms with E-state index in [1.165, 1.54) is 4.90 Å². The van der Waals surface area contributed by atoms with E-state index >= 15 is 0 Å². The van der Waals surface area contributed by atoms with Gasteiger partial charge in [-0.05, 0) is 24.7 Å². The smallest absolute Gasteiger partial charge is 0.233 e. The molecule has 1 saturated heterocycles. The van der Waals surface area contributed by atoms with E-state index in [0.717, 1.165) is 37.5 Å². The van der Waals surface area contributed by atoms with Gasteiger partial charge in [-0.1, -0.05) is 12.2 Å². The lowest BCUT2D eigenvalue weighted by Gasteiger charge is -2.18. The van der Waals surface area contributed by atoms with Gasteiger partial charge in [-0.25, -0.2) is 0 Å². The number of halogens is 1. The van der Waals surface area contributed by atoms with Crippen LogP contribution in [0.5, 0.6) is 0 Å². The SMILES string of the molecule is CN=C(NCCN1C(=O)C2C3C=CC(C3)C2C1=O)NCc1nnc2n1CCC2.I. The molecule has 2 aliphatic heterocycles. The standard InChI is InChI=1S/C19H25N7O2.HI/c1-20-19(22-10-14-24-23-13-3-2-7-25(13)14)21-6-8-26-17(27)15-11-4-5-12(9-11)16(15)18(26)28;/h4-5,11-12,15-16H,2-3,6-10H2,1H3,(H2,20,21,22);1H. The summed E-state index contributed by atoms with van der Waals surface area (Å²) in [7, 11) is 1.70. The van der Waals surface area contributed by atoms with Crippen molar-refractivity contribution in [3.8, 4) is 0 Å². The molecule has 4 atom stereocenters. The monoisotopic (exact) mass is 511 g/mol. The number of likely N-dealkylation sites (tertiary alicyclic amines) is 1. The number of rotatable bonds is 5. The second-order valence-electron chi connectivity index (χ2n) is 7.97. The highest BCUT2D eigenvalue weighted by Crippen LogP contribution is 2.52. The third-order valence-corrected chi connectivity index (χ3v) is 6.51. The molecule has 9 nitrogen and oxygen atoms in total. The Morgan fingerprint density at radius 1 is 1.17 bits per heavy atom. The van der Waals surface area contributed by atoms with Crippen molar-refractivity contribution in [2.75, 3.05) is 20.1 Å². The normalized spacial score (nSPS) is 29.3. The third kappa shape index (κ3) is 3.34. The summed E-state index contributed by atoms with van der Waals surface area (Å²) >= 11 is 0. The molecular formula is C19H26IN7O2. The molecule has 156 valence electrons. The van der Waals surface area contributed by atoms with Gasteiger partial charge in [-0.15, -0.1) is 34.2 Å². The van der Waals surface area contributed by atoms with Crippen LogP contribution in [0.2, 0.25) is 0 Å². The number of imide groups is 1. The number of hydrogen-bond acceptors (Lipinski definition) is 5. The van der Waals surface area contributed by atoms with Gasteiger partial charge >= 0.3 is 0 Å². The molecule has 4 aliphatic rings. The Hall–Kier alpha value is -1.98. The molecule has 0 spiro atoms. The zero-order valence-corrected chi connectivity index (χ0v) is 18.7. The summed E-state index contributed by atoms with van der Waals surface area (Å²) in [5.74, 6) is 2.80. The number of guanidine groups is 1. The molecule has 2 fully saturated rings. The van der Waals surface area contributed by atoms with E-state index in [4.69, 9.17) is 0 Å². The minimum absolute atomic E-state index is 0. The fraction of sp³-hybridized carbons (Fsp3) is 0.632. The molecule has 29 heavy (non-hydrogen) atoms. The van der Waals surface area contributed by atoms with Gasteiger partial charge in [0.15, 0.2) is 11.8 Å². The van der Waals surface area contributed by atoms with Gasteiger partial charge in [0.25, 0.3) is 0 Å². The molecule has 0 radical (unpaired) electrons. The van der Waals surface area contributed by atoms with Crippen molar-refractivity contribution in [3.05, 3.63) is 23.8 Å². The molecule has 0 aromatic carbocycles. The number of amides is 2. The number of aliphatic imine (C=N–C) groups is 1. The van der Waals surface area contributed by atoms with Crippen LogP contribution in [-0.4, -0.2) is 57.6 Å². The van der Waals surface area contributed by atoms with Crippen LogP contribution in [0.4, 0.5) is 0 Å². The minimum Gasteiger partial charge on any atom is -0.355 e. The third-order valence-electron chi connectivity index (χ3n) is 6.51. The molecule has 4 unspecified atom stereocenters. The first kappa shape index (κ1) is 20.3. The average Bonchev–Trinajstić information content (AvgIpc) is 3.48. The van der Waals surface area contributed by atoms with Gasteiger partial charge < -0.3 is 15.2 Å². The van der Waals surface area contributed by atoms with Gasteiger partial charge in [0.1, 0.15) is 5.82 Å². The summed E-state index contributed by atoms with van der Waals surface area (Å²) in [6, 6.07) is 0. The number of hydrogen-bond donors (Lipinski definition) is 2. The lowest BCUT2D eigenvalue weighted by molar-refractivity contribution is -0.140. The van der Waals surface area contributed by atoms with Gasteiger partial charge in [0, 0.05) is 33.1 Å². The molecule has 5 rings (SSSR count). The van der Waals surface area contributed by atoms with E-state index in [2.05, 4.69) is 42.5 Å². The summed E-state index contributed by atoms with van der Waals surface area (Å²) in [6.07, 6.45) is 7.29. The maximum Gasteiger partial charge on any atom is 0.233 e. The number of allylic oxidation sites excluding steroid dienone is 2. The van der Waals surface area contributed by atoms with Crippen molar-refractivity contribution in [3.63, 3.8) is 0 Å². The fourth-order valence-electron chi connectivity index (χ4n) is 5.20. The topological polar surface area (TPSA) is 105 Å². The molecule has 1 saturated carbocycles. The Morgan fingerprint density at radius 2 is 1.90 bits per heavy atom. The zero-order valence-electron chi connectivity index (χ0n) is 16.4. The lowest BCUT2D eigenvalue weighted by atomic mass is 9.85. The lowest BCUT2D eigenvalue weighted by Crippen LogP contribution is -2.43. The van der Waals surface area contributed by atoms with Gasteiger partial charge in [-0.3, -0.25) is 19.5 Å². The molecule has 2 aliphatic carbocycles. The summed E-state index contributed by atoms with van der Waals surface area (Å²) in [5.41, 5.74) is 0. The molecule has 2 N–H and O–H groups in total. The number of aromatic nitrogens is 3. The summed E-state index contributed by atoms with van der Waals surface area (Å²) in [4.78, 5) is 31.1. The van der Waals surface area contributed by atoms with E-state index in [1.807, 2.05) is 0 Å². The van der Waals surface area contributed by atoms with Crippen LogP contribution >= 0.6 is 24.0 Å². The Balaban J connectivity index is 0.00000205. The maximum atomic E-state index is 12.7. The number of nitrogens with zero attached hydrogens (tertiary/aromatic N) is 5. The Bertz CT molecular complexity index is 850. The first-order chi connectivity index (χ1) is 13.7. The number of carbonyl (C=O) groups is 2. The molecule has 2 bridgehead atoms. The highest BCUT2D eigenvalue weighted by molar-refractivity contribution is 14.0. The van der Waals surface area contributed by atoms with E-state index in [-0.39, 0.29) is 59.5 Å². The van der Waals surface area contributed by atoms with Crippen LogP contribution in [0.1, 0.15) is 24.5 Å². The van der Waals surface area contributed by atoms with Crippen molar-refractivity contribution >= 4 is 41.8 Å². The van der Waals surface area contributed by atoms with Crippen LogP contribution in [0.3, 0.4) is 0 Å². The van der Waals surface area contributed by atoms with Gasteiger partial charge in [-0.2, -0.15) is 0 Å². The number of nitrogens with one attached hydrogen (secondary N) is 2. The summed E-state index contributed by atoms with van der Waals surface area (Å²) < 4.78 is 2.14. The first-order valence-electron chi connectivity index (χ1n) is 10.1. The van der Waals surface area contributed by atoms with E-state index in [9.17, 15) is 9.59 Å². The van der Waals surface area contributed by atoms with Crippen molar-refractivity contribution in [1.82, 2.24) is 30.3 Å². The fourth-order valence-corrected chi connectivity index (χ4v) is 5.20. The number of carbonyl (C=O) groups excluding carboxylic acids is 2. The molecule has 1 aromatic rings. The molecule has 10 heteroatoms. The Labute approximate surface area is 186 Å². The van der Waals surface area contributed by atoms with Crippen LogP contribution < -0.4 is 10.6 Å². The van der Waals surface area contributed by atoms with Crippen LogP contribution in [-0.2, 0) is 29.1 Å². The van der Waals surface area contributed by atoms with Crippen molar-refractivity contribution in [1.29, 1.82) is 0 Å². The maximum absolute atomic E-state index is 12.7. The van der Waals surface area contributed by atoms with Crippen LogP contribution in [0, 0.1) is 23.7 Å². The molecule has 2 amide bonds. The van der Waals surface area contributed by atoms with E-state index < -0.39 is 0 Å². The Morgan fingerprint density at radius 3 is 2.59 bits per heavy atom. The summed E-state index contributed by atoms with van der Waals surface area (Å²) in [6.45, 7) is 2.33. The summed E-state index contributed by atoms with van der Waals surface area (Å²) in [5, 5.41) is 14.8. The van der Waals surface area contributed by atoms with E-state index in [0.29, 0.717) is 25.6 Å². The highest BCUT2D eigenvalue weighted by Gasteiger charge is 2.58. The number of aryl methyl sites for hydroxylation is 1. The Kier molecular flexibility index (Phi) is 5.63. The molecular weight excluding hydrogens is 485 g/mol. The first-order valence-corrected chi connectivity index (χ1v) is 10.1. The largest absolute Gasteiger partial charge is 0.355 e. The van der Waals surface area contributed by atoms with Crippen molar-refractivity contribution < 1.29 is 9.59 Å². The second-order valence-corrected chi connectivity index (χ2v) is 7.97. The quantitative estimate of drug-likeness (QED) is 0.194. The van der Waals surface area contributed by atoms with Crippen LogP contribution in [0.25, 0.3) is 0 Å². The van der Waals surface area contributed by atoms with Crippen molar-refractivity contribution in [2.45, 2.75) is 32.4 Å². The predicted octanol–water partition coefficient (Wildman–Crippen LogP) is 0.314. The van der Waals surface area contributed by atoms with E-state index in [1.54, 1.807) is 7.05 Å². The van der Waals surface area contributed by atoms with Gasteiger partial charge in [0.2, 0.25) is 11.8 Å². The minimum atomic E-state index is -0.130. The molecule has 3 heterocycles. The second kappa shape index (κ2) is 8.04. The highest BCUT2D eigenvalue weighted by atomic mass is 127.